The van der Waals surface area contributed by atoms with Crippen molar-refractivity contribution >= 4 is 23.1 Å². The highest BCUT2D eigenvalue weighted by Crippen LogP contribution is 2.37. The molecule has 0 spiro atoms. The Hall–Kier alpha value is -2.86. The maximum absolute atomic E-state index is 12.4. The molecule has 126 valence electrons. The second kappa shape index (κ2) is 6.57. The number of ether oxygens (including phenoxy) is 2. The number of amides is 1. The lowest BCUT2D eigenvalue weighted by Gasteiger charge is -2.18. The number of hydrogen-bond acceptors (Lipinski definition) is 5. The fourth-order valence-corrected chi connectivity index (χ4v) is 3.49. The normalized spacial score (nSPS) is 12.7. The molecule has 1 aromatic carbocycles. The summed E-state index contributed by atoms with van der Waals surface area (Å²) >= 11 is 1.43. The summed E-state index contributed by atoms with van der Waals surface area (Å²) in [4.78, 5) is 18.2. The lowest BCUT2D eigenvalue weighted by atomic mass is 10.1. The summed E-state index contributed by atoms with van der Waals surface area (Å²) in [5.74, 6) is 1.90. The lowest BCUT2D eigenvalue weighted by molar-refractivity contribution is 0.103. The highest BCUT2D eigenvalue weighted by molar-refractivity contribution is 7.17. The molecular formula is C19H16N2O3S. The van der Waals surface area contributed by atoms with Gasteiger partial charge in [0.15, 0.2) is 11.5 Å². The number of aryl methyl sites for hydroxylation is 1. The Labute approximate surface area is 149 Å². The minimum absolute atomic E-state index is 0.160. The van der Waals surface area contributed by atoms with Gasteiger partial charge in [0.25, 0.3) is 5.91 Å². The van der Waals surface area contributed by atoms with Crippen LogP contribution < -0.4 is 14.8 Å². The molecule has 0 atom stereocenters. The maximum Gasteiger partial charge on any atom is 0.266 e. The van der Waals surface area contributed by atoms with E-state index < -0.39 is 0 Å². The molecule has 1 N–H and O–H groups in total. The van der Waals surface area contributed by atoms with Crippen molar-refractivity contribution in [3.63, 3.8) is 0 Å². The first kappa shape index (κ1) is 15.7. The molecule has 6 heteroatoms. The average molecular weight is 352 g/mol. The molecule has 0 radical (unpaired) electrons. The van der Waals surface area contributed by atoms with E-state index in [9.17, 15) is 4.79 Å². The molecule has 1 amide bonds. The molecule has 0 saturated heterocycles. The van der Waals surface area contributed by atoms with Crippen LogP contribution in [0.15, 0.2) is 48.7 Å². The fraction of sp³-hybridized carbons (Fsp3) is 0.158. The van der Waals surface area contributed by atoms with Crippen LogP contribution in [0.2, 0.25) is 0 Å². The van der Waals surface area contributed by atoms with Crippen molar-refractivity contribution in [3.05, 3.63) is 59.1 Å². The van der Waals surface area contributed by atoms with Gasteiger partial charge in [-0.15, -0.1) is 11.3 Å². The van der Waals surface area contributed by atoms with Crippen LogP contribution in [-0.2, 0) is 0 Å². The predicted molar refractivity (Wildman–Crippen MR) is 97.7 cm³/mol. The quantitative estimate of drug-likeness (QED) is 0.769. The van der Waals surface area contributed by atoms with Crippen molar-refractivity contribution in [2.75, 3.05) is 18.5 Å². The van der Waals surface area contributed by atoms with Gasteiger partial charge in [-0.05, 0) is 60.5 Å². The number of nitrogens with one attached hydrogen (secondary N) is 1. The molecule has 3 heterocycles. The SMILES string of the molecule is Cc1ccnc(NC(=O)c2ccc(-c3ccc4c(c3)OCCO4)s2)c1. The Bertz CT molecular complexity index is 936. The van der Waals surface area contributed by atoms with Crippen LogP contribution in [0.5, 0.6) is 11.5 Å². The molecule has 3 aromatic rings. The summed E-state index contributed by atoms with van der Waals surface area (Å²) in [5.41, 5.74) is 2.05. The van der Waals surface area contributed by atoms with Crippen LogP contribution in [0.1, 0.15) is 15.2 Å². The van der Waals surface area contributed by atoms with Gasteiger partial charge in [0, 0.05) is 11.1 Å². The molecule has 25 heavy (non-hydrogen) atoms. The zero-order chi connectivity index (χ0) is 17.2. The molecule has 0 unspecified atom stereocenters. The number of carbonyl (C=O) groups is 1. The van der Waals surface area contributed by atoms with Gasteiger partial charge in [-0.25, -0.2) is 4.98 Å². The van der Waals surface area contributed by atoms with Crippen LogP contribution in [0.4, 0.5) is 5.82 Å². The third kappa shape index (κ3) is 3.34. The Morgan fingerprint density at radius 3 is 2.76 bits per heavy atom. The number of pyridine rings is 1. The first-order chi connectivity index (χ1) is 12.2. The first-order valence-corrected chi connectivity index (χ1v) is 8.74. The van der Waals surface area contributed by atoms with E-state index in [1.54, 1.807) is 6.20 Å². The van der Waals surface area contributed by atoms with Crippen molar-refractivity contribution in [1.82, 2.24) is 4.98 Å². The van der Waals surface area contributed by atoms with E-state index in [-0.39, 0.29) is 5.91 Å². The van der Waals surface area contributed by atoms with E-state index in [0.717, 1.165) is 27.5 Å². The van der Waals surface area contributed by atoms with Gasteiger partial charge >= 0.3 is 0 Å². The van der Waals surface area contributed by atoms with E-state index in [1.807, 2.05) is 49.4 Å². The second-order valence-electron chi connectivity index (χ2n) is 5.69. The molecular weight excluding hydrogens is 336 g/mol. The van der Waals surface area contributed by atoms with E-state index in [4.69, 9.17) is 9.47 Å². The predicted octanol–water partition coefficient (Wildman–Crippen LogP) is 4.14. The molecule has 2 aromatic heterocycles. The van der Waals surface area contributed by atoms with Gasteiger partial charge < -0.3 is 14.8 Å². The first-order valence-electron chi connectivity index (χ1n) is 7.93. The third-order valence-corrected chi connectivity index (χ3v) is 4.95. The molecule has 0 fully saturated rings. The lowest BCUT2D eigenvalue weighted by Crippen LogP contribution is -2.15. The minimum atomic E-state index is -0.160. The number of rotatable bonds is 3. The number of anilines is 1. The largest absolute Gasteiger partial charge is 0.486 e. The molecule has 1 aliphatic heterocycles. The van der Waals surface area contributed by atoms with Crippen molar-refractivity contribution in [3.8, 4) is 21.9 Å². The highest BCUT2D eigenvalue weighted by Gasteiger charge is 2.15. The highest BCUT2D eigenvalue weighted by atomic mass is 32.1. The van der Waals surface area contributed by atoms with Crippen LogP contribution in [0, 0.1) is 6.92 Å². The number of thiophene rings is 1. The van der Waals surface area contributed by atoms with E-state index in [1.165, 1.54) is 11.3 Å². The van der Waals surface area contributed by atoms with Gasteiger partial charge in [0.2, 0.25) is 0 Å². The number of hydrogen-bond donors (Lipinski definition) is 1. The molecule has 0 saturated carbocycles. The second-order valence-corrected chi connectivity index (χ2v) is 6.78. The van der Waals surface area contributed by atoms with Crippen molar-refractivity contribution in [2.45, 2.75) is 6.92 Å². The van der Waals surface area contributed by atoms with Crippen molar-refractivity contribution in [2.24, 2.45) is 0 Å². The maximum atomic E-state index is 12.4. The van der Waals surface area contributed by atoms with E-state index >= 15 is 0 Å². The van der Waals surface area contributed by atoms with E-state index in [2.05, 4.69) is 10.3 Å². The standard InChI is InChI=1S/C19H16N2O3S/c1-12-6-7-20-18(10-12)21-19(22)17-5-4-16(25-17)13-2-3-14-15(11-13)24-9-8-23-14/h2-7,10-11H,8-9H2,1H3,(H,20,21,22). The van der Waals surface area contributed by atoms with Gasteiger partial charge in [-0.1, -0.05) is 0 Å². The van der Waals surface area contributed by atoms with Crippen LogP contribution in [0.25, 0.3) is 10.4 Å². The summed E-state index contributed by atoms with van der Waals surface area (Å²) in [5, 5.41) is 2.83. The summed E-state index contributed by atoms with van der Waals surface area (Å²) in [6, 6.07) is 13.3. The molecule has 0 aliphatic carbocycles. The minimum Gasteiger partial charge on any atom is -0.486 e. The van der Waals surface area contributed by atoms with Gasteiger partial charge in [-0.3, -0.25) is 4.79 Å². The Balaban J connectivity index is 1.54. The van der Waals surface area contributed by atoms with Gasteiger partial charge in [-0.2, -0.15) is 0 Å². The number of fused-ring (bicyclic) bond motifs is 1. The number of aromatic nitrogens is 1. The molecule has 5 nitrogen and oxygen atoms in total. The summed E-state index contributed by atoms with van der Waals surface area (Å²) in [7, 11) is 0. The van der Waals surface area contributed by atoms with Crippen LogP contribution >= 0.6 is 11.3 Å². The number of nitrogens with zero attached hydrogens (tertiary/aromatic N) is 1. The van der Waals surface area contributed by atoms with Crippen molar-refractivity contribution < 1.29 is 14.3 Å². The summed E-state index contributed by atoms with van der Waals surface area (Å²) in [6.45, 7) is 3.09. The Morgan fingerprint density at radius 1 is 1.08 bits per heavy atom. The zero-order valence-corrected chi connectivity index (χ0v) is 14.4. The monoisotopic (exact) mass is 352 g/mol. The van der Waals surface area contributed by atoms with Crippen LogP contribution in [-0.4, -0.2) is 24.1 Å². The molecule has 1 aliphatic rings. The number of carbonyl (C=O) groups excluding carboxylic acids is 1. The average Bonchev–Trinajstić information content (AvgIpc) is 3.12. The third-order valence-electron chi connectivity index (χ3n) is 3.81. The Kier molecular flexibility index (Phi) is 4.11. The smallest absolute Gasteiger partial charge is 0.266 e. The number of benzene rings is 1. The zero-order valence-electron chi connectivity index (χ0n) is 13.6. The fourth-order valence-electron chi connectivity index (χ4n) is 2.59. The topological polar surface area (TPSA) is 60.5 Å². The van der Waals surface area contributed by atoms with Gasteiger partial charge in [0.1, 0.15) is 19.0 Å². The summed E-state index contributed by atoms with van der Waals surface area (Å²) in [6.07, 6.45) is 1.68. The molecule has 0 bridgehead atoms. The summed E-state index contributed by atoms with van der Waals surface area (Å²) < 4.78 is 11.2. The van der Waals surface area contributed by atoms with Crippen molar-refractivity contribution in [1.29, 1.82) is 0 Å². The molecule has 4 rings (SSSR count). The van der Waals surface area contributed by atoms with Gasteiger partial charge in [0.05, 0.1) is 4.88 Å². The Morgan fingerprint density at radius 2 is 1.92 bits per heavy atom. The van der Waals surface area contributed by atoms with Crippen LogP contribution in [0.3, 0.4) is 0 Å². The van der Waals surface area contributed by atoms with E-state index in [0.29, 0.717) is 23.9 Å².